The Morgan fingerprint density at radius 3 is 2.68 bits per heavy atom. The predicted molar refractivity (Wildman–Crippen MR) is 74.9 cm³/mol. The van der Waals surface area contributed by atoms with Crippen molar-refractivity contribution in [2.24, 2.45) is 10.7 Å². The molecule has 3 nitrogen and oxygen atoms in total. The third-order valence-electron chi connectivity index (χ3n) is 3.10. The van der Waals surface area contributed by atoms with Gasteiger partial charge in [0.2, 0.25) is 0 Å². The summed E-state index contributed by atoms with van der Waals surface area (Å²) in [5, 5.41) is 3.03. The van der Waals surface area contributed by atoms with E-state index in [2.05, 4.69) is 10.3 Å². The first-order valence-corrected chi connectivity index (χ1v) is 6.17. The van der Waals surface area contributed by atoms with Crippen LogP contribution in [0.5, 0.6) is 0 Å². The van der Waals surface area contributed by atoms with E-state index in [1.165, 1.54) is 6.07 Å². The summed E-state index contributed by atoms with van der Waals surface area (Å²) in [6.45, 7) is 0.421. The van der Waals surface area contributed by atoms with Crippen molar-refractivity contribution in [3.05, 3.63) is 65.5 Å². The molecule has 19 heavy (non-hydrogen) atoms. The van der Waals surface area contributed by atoms with Crippen LogP contribution >= 0.6 is 0 Å². The van der Waals surface area contributed by atoms with Gasteiger partial charge in [0.05, 0.1) is 17.9 Å². The maximum atomic E-state index is 13.9. The molecule has 1 aliphatic heterocycles. The van der Waals surface area contributed by atoms with Crippen LogP contribution in [0, 0.1) is 5.82 Å². The summed E-state index contributed by atoms with van der Waals surface area (Å²) < 4.78 is 13.9. The van der Waals surface area contributed by atoms with E-state index in [0.29, 0.717) is 12.2 Å². The maximum Gasteiger partial charge on any atom is 0.146 e. The second-order valence-electron chi connectivity index (χ2n) is 4.45. The summed E-state index contributed by atoms with van der Waals surface area (Å²) in [4.78, 5) is 4.49. The highest BCUT2D eigenvalue weighted by Crippen LogP contribution is 2.25. The third kappa shape index (κ3) is 2.22. The Morgan fingerprint density at radius 2 is 1.89 bits per heavy atom. The largest absolute Gasteiger partial charge is 0.379 e. The topological polar surface area (TPSA) is 50.4 Å². The van der Waals surface area contributed by atoms with Gasteiger partial charge in [-0.05, 0) is 6.07 Å². The van der Waals surface area contributed by atoms with Crippen LogP contribution in [0.25, 0.3) is 0 Å². The number of anilines is 1. The molecule has 2 aromatic carbocycles. The highest BCUT2D eigenvalue weighted by Gasteiger charge is 2.19. The lowest BCUT2D eigenvalue weighted by Gasteiger charge is -2.10. The van der Waals surface area contributed by atoms with Gasteiger partial charge >= 0.3 is 0 Å². The lowest BCUT2D eigenvalue weighted by Crippen LogP contribution is -2.26. The Kier molecular flexibility index (Phi) is 3.01. The Labute approximate surface area is 111 Å². The number of hydrogen-bond acceptors (Lipinski definition) is 3. The molecule has 0 fully saturated rings. The van der Waals surface area contributed by atoms with Crippen molar-refractivity contribution in [3.8, 4) is 0 Å². The molecule has 0 amide bonds. The SMILES string of the molecule is N[C@@H]1CNc2c(F)cccc2C(c2ccccc2)=N1. The molecule has 3 N–H and O–H groups in total. The fraction of sp³-hybridized carbons (Fsp3) is 0.133. The first-order chi connectivity index (χ1) is 9.25. The fourth-order valence-corrected chi connectivity index (χ4v) is 2.21. The molecular weight excluding hydrogens is 241 g/mol. The second kappa shape index (κ2) is 4.82. The van der Waals surface area contributed by atoms with Crippen LogP contribution in [-0.2, 0) is 0 Å². The molecule has 1 heterocycles. The number of aliphatic imine (C=N–C) groups is 1. The van der Waals surface area contributed by atoms with Crippen molar-refractivity contribution in [2.75, 3.05) is 11.9 Å². The number of nitrogens with two attached hydrogens (primary N) is 1. The van der Waals surface area contributed by atoms with Crippen LogP contribution in [0.1, 0.15) is 11.1 Å². The van der Waals surface area contributed by atoms with Crippen LogP contribution in [-0.4, -0.2) is 18.4 Å². The number of benzene rings is 2. The van der Waals surface area contributed by atoms with Crippen molar-refractivity contribution < 1.29 is 4.39 Å². The highest BCUT2D eigenvalue weighted by atomic mass is 19.1. The number of rotatable bonds is 1. The van der Waals surface area contributed by atoms with Gasteiger partial charge in [-0.3, -0.25) is 4.99 Å². The molecule has 0 radical (unpaired) electrons. The molecule has 4 heteroatoms. The minimum absolute atomic E-state index is 0.282. The van der Waals surface area contributed by atoms with Crippen LogP contribution in [0.15, 0.2) is 53.5 Å². The van der Waals surface area contributed by atoms with Crippen LogP contribution in [0.2, 0.25) is 0 Å². The zero-order valence-electron chi connectivity index (χ0n) is 10.3. The summed E-state index contributed by atoms with van der Waals surface area (Å²) in [6.07, 6.45) is -0.387. The lowest BCUT2D eigenvalue weighted by atomic mass is 10.0. The van der Waals surface area contributed by atoms with E-state index >= 15 is 0 Å². The lowest BCUT2D eigenvalue weighted by molar-refractivity contribution is 0.628. The van der Waals surface area contributed by atoms with E-state index in [9.17, 15) is 4.39 Å². The van der Waals surface area contributed by atoms with Gasteiger partial charge in [0.1, 0.15) is 12.0 Å². The molecule has 2 aromatic rings. The molecule has 3 rings (SSSR count). The van der Waals surface area contributed by atoms with Gasteiger partial charge in [0.15, 0.2) is 0 Å². The van der Waals surface area contributed by atoms with Gasteiger partial charge in [-0.1, -0.05) is 42.5 Å². The normalized spacial score (nSPS) is 18.0. The molecule has 0 saturated heterocycles. The molecule has 0 aliphatic carbocycles. The number of hydrogen-bond donors (Lipinski definition) is 2. The Morgan fingerprint density at radius 1 is 1.11 bits per heavy atom. The molecule has 1 atom stereocenters. The summed E-state index contributed by atoms with van der Waals surface area (Å²) in [5.74, 6) is -0.282. The van der Waals surface area contributed by atoms with E-state index < -0.39 is 0 Å². The number of benzodiazepines with no additional fused rings is 1. The van der Waals surface area contributed by atoms with E-state index in [4.69, 9.17) is 5.73 Å². The second-order valence-corrected chi connectivity index (χ2v) is 4.45. The van der Waals surface area contributed by atoms with Crippen molar-refractivity contribution >= 4 is 11.4 Å². The molecule has 1 aliphatic rings. The Hall–Kier alpha value is -2.20. The predicted octanol–water partition coefficient (Wildman–Crippen LogP) is 2.37. The van der Waals surface area contributed by atoms with Gasteiger partial charge < -0.3 is 11.1 Å². The monoisotopic (exact) mass is 255 g/mol. The number of nitrogens with one attached hydrogen (secondary N) is 1. The summed E-state index contributed by atoms with van der Waals surface area (Å²) >= 11 is 0. The smallest absolute Gasteiger partial charge is 0.146 e. The number of fused-ring (bicyclic) bond motifs is 1. The highest BCUT2D eigenvalue weighted by molar-refractivity contribution is 6.16. The quantitative estimate of drug-likeness (QED) is 0.822. The van der Waals surface area contributed by atoms with Crippen molar-refractivity contribution in [1.82, 2.24) is 0 Å². The average Bonchev–Trinajstić information content (AvgIpc) is 2.61. The van der Waals surface area contributed by atoms with Gasteiger partial charge in [-0.15, -0.1) is 0 Å². The van der Waals surface area contributed by atoms with E-state index in [1.54, 1.807) is 6.07 Å². The van der Waals surface area contributed by atoms with Gasteiger partial charge in [0, 0.05) is 11.1 Å². The standard InChI is InChI=1S/C15H14FN3/c16-12-8-4-7-11-14(10-5-2-1-3-6-10)19-13(17)9-18-15(11)12/h1-8,13,18H,9,17H2/t13-/m0/s1. The third-order valence-corrected chi connectivity index (χ3v) is 3.10. The molecular formula is C15H14FN3. The minimum Gasteiger partial charge on any atom is -0.379 e. The number of para-hydroxylation sites is 1. The Balaban J connectivity index is 2.20. The molecule has 0 unspecified atom stereocenters. The zero-order chi connectivity index (χ0) is 13.2. The summed E-state index contributed by atoms with van der Waals surface area (Å²) in [7, 11) is 0. The first kappa shape index (κ1) is 11.9. The van der Waals surface area contributed by atoms with E-state index in [-0.39, 0.29) is 12.0 Å². The van der Waals surface area contributed by atoms with Gasteiger partial charge in [0.25, 0.3) is 0 Å². The van der Waals surface area contributed by atoms with E-state index in [1.807, 2.05) is 36.4 Å². The molecule has 0 aromatic heterocycles. The number of halogens is 1. The van der Waals surface area contributed by atoms with Crippen LogP contribution < -0.4 is 11.1 Å². The van der Waals surface area contributed by atoms with E-state index in [0.717, 1.165) is 16.8 Å². The Bertz CT molecular complexity index is 623. The maximum absolute atomic E-state index is 13.9. The number of nitrogens with zero attached hydrogens (tertiary/aromatic N) is 1. The molecule has 0 bridgehead atoms. The fourth-order valence-electron chi connectivity index (χ4n) is 2.21. The summed E-state index contributed by atoms with van der Waals surface area (Å²) in [6, 6.07) is 14.7. The zero-order valence-corrected chi connectivity index (χ0v) is 10.3. The van der Waals surface area contributed by atoms with Gasteiger partial charge in [-0.25, -0.2) is 4.39 Å². The van der Waals surface area contributed by atoms with Crippen LogP contribution in [0.3, 0.4) is 0 Å². The van der Waals surface area contributed by atoms with Gasteiger partial charge in [-0.2, -0.15) is 0 Å². The van der Waals surface area contributed by atoms with Crippen LogP contribution in [0.4, 0.5) is 10.1 Å². The average molecular weight is 255 g/mol. The van der Waals surface area contributed by atoms with Crippen molar-refractivity contribution in [2.45, 2.75) is 6.17 Å². The molecule has 0 saturated carbocycles. The first-order valence-electron chi connectivity index (χ1n) is 6.17. The molecule has 0 spiro atoms. The molecule has 96 valence electrons. The van der Waals surface area contributed by atoms with Crippen molar-refractivity contribution in [3.63, 3.8) is 0 Å². The minimum atomic E-state index is -0.387. The van der Waals surface area contributed by atoms with Crippen molar-refractivity contribution in [1.29, 1.82) is 0 Å². The summed E-state index contributed by atoms with van der Waals surface area (Å²) in [5.41, 5.74) is 8.81.